The number of carbonyl (C=O) groups excluding carboxylic acids is 1. The molecule has 5 rings (SSSR count). The van der Waals surface area contributed by atoms with Crippen molar-refractivity contribution in [2.24, 2.45) is 0 Å². The summed E-state index contributed by atoms with van der Waals surface area (Å²) < 4.78 is 5.97. The van der Waals surface area contributed by atoms with Gasteiger partial charge in [0, 0.05) is 23.6 Å². The lowest BCUT2D eigenvalue weighted by Gasteiger charge is -2.29. The first-order chi connectivity index (χ1) is 20.0. The lowest BCUT2D eigenvalue weighted by molar-refractivity contribution is -0.137. The molecule has 6 nitrogen and oxygen atoms in total. The van der Waals surface area contributed by atoms with E-state index in [0.29, 0.717) is 36.3 Å². The molecule has 0 spiro atoms. The first-order valence-electron chi connectivity index (χ1n) is 14.2. The van der Waals surface area contributed by atoms with Gasteiger partial charge in [0.15, 0.2) is 6.23 Å². The van der Waals surface area contributed by atoms with Crippen molar-refractivity contribution in [2.45, 2.75) is 50.8 Å². The smallest absolute Gasteiger partial charge is 0.303 e. The van der Waals surface area contributed by atoms with Gasteiger partial charge in [0.05, 0.1) is 6.61 Å². The molecular weight excluding hydrogens is 514 g/mol. The number of aliphatic hydroxyl groups is 1. The van der Waals surface area contributed by atoms with Crippen LogP contribution in [0.25, 0.3) is 22.3 Å². The predicted octanol–water partition coefficient (Wildman–Crippen LogP) is 7.34. The van der Waals surface area contributed by atoms with Crippen LogP contribution in [0.1, 0.15) is 60.7 Å². The van der Waals surface area contributed by atoms with Gasteiger partial charge < -0.3 is 19.8 Å². The van der Waals surface area contributed by atoms with E-state index in [0.717, 1.165) is 41.5 Å². The van der Waals surface area contributed by atoms with Crippen molar-refractivity contribution < 1.29 is 24.5 Å². The molecule has 1 fully saturated rings. The van der Waals surface area contributed by atoms with Gasteiger partial charge in [-0.15, -0.1) is 0 Å². The summed E-state index contributed by atoms with van der Waals surface area (Å²) in [5.74, 6) is -0.480. The predicted molar refractivity (Wildman–Crippen MR) is 160 cm³/mol. The molecule has 1 unspecified atom stereocenters. The van der Waals surface area contributed by atoms with Crippen molar-refractivity contribution in [2.75, 3.05) is 6.61 Å². The fraction of sp³-hybridized carbons (Fsp3) is 0.257. The second-order valence-corrected chi connectivity index (χ2v) is 10.4. The number of rotatable bonds is 13. The van der Waals surface area contributed by atoms with Crippen molar-refractivity contribution in [1.82, 2.24) is 4.90 Å². The van der Waals surface area contributed by atoms with Crippen molar-refractivity contribution >= 4 is 11.9 Å². The van der Waals surface area contributed by atoms with Gasteiger partial charge in [0.2, 0.25) is 0 Å². The van der Waals surface area contributed by atoms with Crippen LogP contribution in [0.3, 0.4) is 0 Å². The van der Waals surface area contributed by atoms with Crippen molar-refractivity contribution in [3.8, 4) is 28.0 Å². The molecule has 0 heterocycles. The Morgan fingerprint density at radius 3 is 2.02 bits per heavy atom. The highest BCUT2D eigenvalue weighted by Gasteiger charge is 2.38. The monoisotopic (exact) mass is 549 g/mol. The van der Waals surface area contributed by atoms with Crippen molar-refractivity contribution in [1.29, 1.82) is 0 Å². The molecule has 41 heavy (non-hydrogen) atoms. The first-order valence-corrected chi connectivity index (χ1v) is 14.2. The fourth-order valence-corrected chi connectivity index (χ4v) is 5.09. The number of amides is 1. The Hall–Kier alpha value is -4.42. The second-order valence-electron chi connectivity index (χ2n) is 10.4. The quantitative estimate of drug-likeness (QED) is 0.135. The van der Waals surface area contributed by atoms with E-state index >= 15 is 0 Å². The van der Waals surface area contributed by atoms with Gasteiger partial charge in [-0.05, 0) is 72.6 Å². The van der Waals surface area contributed by atoms with Crippen LogP contribution < -0.4 is 4.74 Å². The van der Waals surface area contributed by atoms with E-state index in [1.807, 2.05) is 66.7 Å². The van der Waals surface area contributed by atoms with Crippen LogP contribution in [0.15, 0.2) is 103 Å². The van der Waals surface area contributed by atoms with E-state index in [4.69, 9.17) is 9.84 Å². The van der Waals surface area contributed by atoms with E-state index in [9.17, 15) is 14.7 Å². The number of carboxylic acids is 1. The highest BCUT2D eigenvalue weighted by atomic mass is 16.5. The topological polar surface area (TPSA) is 87.1 Å². The number of aliphatic hydroxyl groups excluding tert-OH is 1. The molecule has 0 bridgehead atoms. The normalized spacial score (nSPS) is 13.4. The van der Waals surface area contributed by atoms with Gasteiger partial charge in [0.1, 0.15) is 5.75 Å². The zero-order valence-corrected chi connectivity index (χ0v) is 23.0. The number of unbranched alkanes of at least 4 members (excludes halogenated alkanes) is 2. The molecule has 0 saturated heterocycles. The average molecular weight is 550 g/mol. The molecular formula is C35H35NO5. The molecule has 2 N–H and O–H groups in total. The van der Waals surface area contributed by atoms with E-state index in [2.05, 4.69) is 24.3 Å². The van der Waals surface area contributed by atoms with Crippen LogP contribution >= 0.6 is 0 Å². The van der Waals surface area contributed by atoms with Crippen LogP contribution in [0, 0.1) is 0 Å². The summed E-state index contributed by atoms with van der Waals surface area (Å²) in [5, 5.41) is 20.3. The summed E-state index contributed by atoms with van der Waals surface area (Å²) in [5.41, 5.74) is 5.43. The molecule has 6 heteroatoms. The Bertz CT molecular complexity index is 1460. The molecule has 4 aromatic rings. The Kier molecular flexibility index (Phi) is 9.12. The summed E-state index contributed by atoms with van der Waals surface area (Å²) in [7, 11) is 0. The minimum atomic E-state index is -1.14. The maximum atomic E-state index is 13.8. The Labute approximate surface area is 240 Å². The molecule has 1 atom stereocenters. The Morgan fingerprint density at radius 2 is 1.37 bits per heavy atom. The fourth-order valence-electron chi connectivity index (χ4n) is 5.09. The number of aliphatic carboxylic acids is 1. The molecule has 1 saturated carbocycles. The molecule has 4 aromatic carbocycles. The molecule has 1 aliphatic rings. The van der Waals surface area contributed by atoms with Crippen LogP contribution in [-0.4, -0.2) is 39.6 Å². The van der Waals surface area contributed by atoms with Crippen LogP contribution in [0.2, 0.25) is 0 Å². The summed E-state index contributed by atoms with van der Waals surface area (Å²) >= 11 is 0. The molecule has 1 amide bonds. The second kappa shape index (κ2) is 13.3. The molecule has 210 valence electrons. The lowest BCUT2D eigenvalue weighted by Crippen LogP contribution is -2.37. The summed E-state index contributed by atoms with van der Waals surface area (Å²) in [6, 6.07) is 33.3. The third kappa shape index (κ3) is 7.02. The van der Waals surface area contributed by atoms with Gasteiger partial charge in [-0.2, -0.15) is 0 Å². The van der Waals surface area contributed by atoms with Gasteiger partial charge in [-0.1, -0.05) is 84.9 Å². The Morgan fingerprint density at radius 1 is 0.756 bits per heavy atom. The standard InChI is InChI=1S/C35H35NO5/c37-33(38)17-5-2-10-24-41-32-16-9-8-15-31(32)35(40)36(28-22-23-28)34(39)27-20-18-26(19-21-27)30-14-7-6-13-29(30)25-11-3-1-4-12-25/h1,3-4,6-9,11-16,18-21,28,35,40H,2,5,10,17,22-24H2,(H,37,38). The minimum absolute atomic E-state index is 0.0277. The Balaban J connectivity index is 1.31. The molecule has 0 radical (unpaired) electrons. The van der Waals surface area contributed by atoms with Crippen molar-refractivity contribution in [3.05, 3.63) is 114 Å². The van der Waals surface area contributed by atoms with Gasteiger partial charge >= 0.3 is 5.97 Å². The van der Waals surface area contributed by atoms with Crippen molar-refractivity contribution in [3.63, 3.8) is 0 Å². The third-order valence-corrected chi connectivity index (χ3v) is 7.38. The SMILES string of the molecule is O=C(O)CCCCCOc1ccccc1C(O)N(C(=O)c1ccc(-c2ccccc2-c2ccccc2)cc1)C1CC1. The van der Waals surface area contributed by atoms with Gasteiger partial charge in [0.25, 0.3) is 5.91 Å². The number of hydrogen-bond donors (Lipinski definition) is 2. The van der Waals surface area contributed by atoms with Crippen LogP contribution in [0.5, 0.6) is 5.75 Å². The highest BCUT2D eigenvalue weighted by Crippen LogP contribution is 2.38. The minimum Gasteiger partial charge on any atom is -0.493 e. The average Bonchev–Trinajstić information content (AvgIpc) is 3.85. The number of para-hydroxylation sites is 1. The van der Waals surface area contributed by atoms with Gasteiger partial charge in [-0.3, -0.25) is 9.59 Å². The summed E-state index contributed by atoms with van der Waals surface area (Å²) in [6.07, 6.45) is 2.75. The molecule has 1 aliphatic carbocycles. The number of carboxylic acid groups (broad SMARTS) is 1. The largest absolute Gasteiger partial charge is 0.493 e. The maximum absolute atomic E-state index is 13.8. The first kappa shape index (κ1) is 28.1. The summed E-state index contributed by atoms with van der Waals surface area (Å²) in [6.45, 7) is 0.409. The zero-order valence-electron chi connectivity index (χ0n) is 23.0. The number of nitrogens with zero attached hydrogens (tertiary/aromatic N) is 1. The summed E-state index contributed by atoms with van der Waals surface area (Å²) in [4.78, 5) is 26.0. The zero-order chi connectivity index (χ0) is 28.6. The van der Waals surface area contributed by atoms with E-state index in [1.54, 1.807) is 17.0 Å². The van der Waals surface area contributed by atoms with Crippen LogP contribution in [0.4, 0.5) is 0 Å². The lowest BCUT2D eigenvalue weighted by atomic mass is 9.94. The molecule has 0 aliphatic heterocycles. The van der Waals surface area contributed by atoms with E-state index in [-0.39, 0.29) is 18.4 Å². The van der Waals surface area contributed by atoms with Crippen LogP contribution in [-0.2, 0) is 4.79 Å². The maximum Gasteiger partial charge on any atom is 0.303 e. The molecule has 0 aromatic heterocycles. The van der Waals surface area contributed by atoms with Gasteiger partial charge in [-0.25, -0.2) is 0 Å². The number of hydrogen-bond acceptors (Lipinski definition) is 4. The number of ether oxygens (including phenoxy) is 1. The van der Waals surface area contributed by atoms with E-state index in [1.165, 1.54) is 0 Å². The number of benzene rings is 4. The third-order valence-electron chi connectivity index (χ3n) is 7.38. The van der Waals surface area contributed by atoms with E-state index < -0.39 is 12.2 Å². The highest BCUT2D eigenvalue weighted by molar-refractivity contribution is 5.96. The number of carbonyl (C=O) groups is 2.